The minimum Gasteiger partial charge on any atom is -0.294 e. The van der Waals surface area contributed by atoms with Crippen molar-refractivity contribution in [1.29, 1.82) is 0 Å². The summed E-state index contributed by atoms with van der Waals surface area (Å²) in [7, 11) is 0. The summed E-state index contributed by atoms with van der Waals surface area (Å²) in [5.74, 6) is -0.00282. The highest BCUT2D eigenvalue weighted by atomic mass is 79.9. The van der Waals surface area contributed by atoms with Crippen molar-refractivity contribution in [1.82, 2.24) is 9.78 Å². The van der Waals surface area contributed by atoms with Crippen LogP contribution in [0.5, 0.6) is 0 Å². The van der Waals surface area contributed by atoms with E-state index in [0.29, 0.717) is 17.0 Å². The topological polar surface area (TPSA) is 34.9 Å². The fraction of sp³-hybridized carbons (Fsp3) is 0.231. The Hall–Kier alpha value is -1.13. The van der Waals surface area contributed by atoms with Crippen molar-refractivity contribution in [2.75, 3.05) is 0 Å². The van der Waals surface area contributed by atoms with Gasteiger partial charge in [-0.2, -0.15) is 5.10 Å². The lowest BCUT2D eigenvalue weighted by Gasteiger charge is -2.03. The summed E-state index contributed by atoms with van der Waals surface area (Å²) in [4.78, 5) is 12.1. The van der Waals surface area contributed by atoms with Crippen molar-refractivity contribution in [3.8, 4) is 0 Å². The molecule has 3 nitrogen and oxygen atoms in total. The number of halogens is 2. The number of carbonyl (C=O) groups excluding carboxylic acids is 1. The van der Waals surface area contributed by atoms with Crippen molar-refractivity contribution in [2.45, 2.75) is 19.9 Å². The van der Waals surface area contributed by atoms with Gasteiger partial charge >= 0.3 is 0 Å². The predicted molar refractivity (Wildman–Crippen MR) is 75.1 cm³/mol. The van der Waals surface area contributed by atoms with Gasteiger partial charge in [0.05, 0.1) is 11.2 Å². The number of nitrogens with zero attached hydrogens (tertiary/aromatic N) is 2. The van der Waals surface area contributed by atoms with E-state index in [0.717, 1.165) is 16.6 Å². The quantitative estimate of drug-likeness (QED) is 0.802. The molecule has 94 valence electrons. The maximum Gasteiger partial charge on any atom is 0.168 e. The van der Waals surface area contributed by atoms with Crippen LogP contribution in [-0.2, 0) is 13.0 Å². The zero-order valence-electron chi connectivity index (χ0n) is 9.86. The second kappa shape index (κ2) is 5.67. The lowest BCUT2D eigenvalue weighted by atomic mass is 10.1. The van der Waals surface area contributed by atoms with Gasteiger partial charge in [-0.25, -0.2) is 0 Å². The first-order chi connectivity index (χ1) is 8.60. The molecule has 0 aliphatic carbocycles. The van der Waals surface area contributed by atoms with Gasteiger partial charge in [-0.05, 0) is 30.7 Å². The molecule has 0 saturated heterocycles. The largest absolute Gasteiger partial charge is 0.294 e. The molecule has 18 heavy (non-hydrogen) atoms. The van der Waals surface area contributed by atoms with Gasteiger partial charge in [-0.15, -0.1) is 0 Å². The van der Waals surface area contributed by atoms with Gasteiger partial charge in [0, 0.05) is 29.2 Å². The molecule has 0 spiro atoms. The first-order valence-electron chi connectivity index (χ1n) is 5.59. The minimum atomic E-state index is -0.00282. The SMILES string of the molecule is CCn1cc(CC(=O)c2cc(Br)ccc2Cl)cn1. The molecule has 2 aromatic rings. The van der Waals surface area contributed by atoms with Gasteiger partial charge in [0.15, 0.2) is 5.78 Å². The second-order valence-corrected chi connectivity index (χ2v) is 5.25. The fourth-order valence-corrected chi connectivity index (χ4v) is 2.25. The van der Waals surface area contributed by atoms with E-state index in [1.807, 2.05) is 19.2 Å². The Labute approximate surface area is 119 Å². The number of ketones is 1. The summed E-state index contributed by atoms with van der Waals surface area (Å²) in [5, 5.41) is 4.62. The number of Topliss-reactive ketones (excluding diaryl/α,β-unsaturated/α-hetero) is 1. The average Bonchev–Trinajstić information content (AvgIpc) is 2.80. The van der Waals surface area contributed by atoms with E-state index in [-0.39, 0.29) is 5.78 Å². The number of aryl methyl sites for hydroxylation is 1. The Bertz CT molecular complexity index is 580. The number of aromatic nitrogens is 2. The zero-order chi connectivity index (χ0) is 13.1. The van der Waals surface area contributed by atoms with Crippen LogP contribution in [-0.4, -0.2) is 15.6 Å². The molecule has 0 radical (unpaired) electrons. The Morgan fingerprint density at radius 1 is 1.50 bits per heavy atom. The number of hydrogen-bond acceptors (Lipinski definition) is 2. The van der Waals surface area contributed by atoms with Crippen molar-refractivity contribution in [3.05, 3.63) is 51.2 Å². The summed E-state index contributed by atoms with van der Waals surface area (Å²) < 4.78 is 2.64. The number of hydrogen-bond donors (Lipinski definition) is 0. The molecule has 1 aromatic heterocycles. The van der Waals surface area contributed by atoms with Crippen LogP contribution in [0.15, 0.2) is 35.1 Å². The molecule has 2 rings (SSSR count). The van der Waals surface area contributed by atoms with E-state index >= 15 is 0 Å². The Balaban J connectivity index is 2.19. The van der Waals surface area contributed by atoms with Crippen molar-refractivity contribution >= 4 is 33.3 Å². The monoisotopic (exact) mass is 326 g/mol. The molecular formula is C13H12BrClN2O. The molecule has 0 aliphatic heterocycles. The molecule has 0 saturated carbocycles. The summed E-state index contributed by atoms with van der Waals surface area (Å²) in [6.07, 6.45) is 3.91. The maximum atomic E-state index is 12.1. The highest BCUT2D eigenvalue weighted by Crippen LogP contribution is 2.22. The highest BCUT2D eigenvalue weighted by molar-refractivity contribution is 9.10. The van der Waals surface area contributed by atoms with Crippen LogP contribution < -0.4 is 0 Å². The summed E-state index contributed by atoms with van der Waals surface area (Å²) >= 11 is 9.37. The Morgan fingerprint density at radius 3 is 2.94 bits per heavy atom. The van der Waals surface area contributed by atoms with Crippen LogP contribution in [0.3, 0.4) is 0 Å². The molecular weight excluding hydrogens is 316 g/mol. The molecule has 0 aliphatic rings. The lowest BCUT2D eigenvalue weighted by molar-refractivity contribution is 0.0993. The minimum absolute atomic E-state index is 0.00282. The third-order valence-electron chi connectivity index (χ3n) is 2.60. The van der Waals surface area contributed by atoms with E-state index in [4.69, 9.17) is 11.6 Å². The van der Waals surface area contributed by atoms with Crippen LogP contribution in [0.1, 0.15) is 22.8 Å². The van der Waals surface area contributed by atoms with Crippen LogP contribution in [0.25, 0.3) is 0 Å². The molecule has 0 fully saturated rings. The van der Waals surface area contributed by atoms with Crippen molar-refractivity contribution in [3.63, 3.8) is 0 Å². The van der Waals surface area contributed by atoms with Crippen molar-refractivity contribution < 1.29 is 4.79 Å². The summed E-state index contributed by atoms with van der Waals surface area (Å²) in [6.45, 7) is 2.80. The number of benzene rings is 1. The molecule has 0 bridgehead atoms. The van der Waals surface area contributed by atoms with E-state index in [1.54, 1.807) is 23.0 Å². The van der Waals surface area contributed by atoms with Crippen LogP contribution >= 0.6 is 27.5 Å². The van der Waals surface area contributed by atoms with Gasteiger partial charge in [0.25, 0.3) is 0 Å². The Kier molecular flexibility index (Phi) is 4.19. The number of carbonyl (C=O) groups is 1. The Morgan fingerprint density at radius 2 is 2.28 bits per heavy atom. The van der Waals surface area contributed by atoms with Crippen LogP contribution in [0, 0.1) is 0 Å². The smallest absolute Gasteiger partial charge is 0.168 e. The molecule has 0 unspecified atom stereocenters. The van der Waals surface area contributed by atoms with Gasteiger partial charge < -0.3 is 0 Å². The van der Waals surface area contributed by atoms with E-state index < -0.39 is 0 Å². The normalized spacial score (nSPS) is 10.6. The highest BCUT2D eigenvalue weighted by Gasteiger charge is 2.12. The van der Waals surface area contributed by atoms with Crippen LogP contribution in [0.2, 0.25) is 5.02 Å². The third-order valence-corrected chi connectivity index (χ3v) is 3.43. The summed E-state index contributed by atoms with van der Waals surface area (Å²) in [6, 6.07) is 5.28. The molecule has 0 amide bonds. The second-order valence-electron chi connectivity index (χ2n) is 3.93. The first kappa shape index (κ1) is 13.3. The van der Waals surface area contributed by atoms with Gasteiger partial charge in [-0.1, -0.05) is 27.5 Å². The van der Waals surface area contributed by atoms with Gasteiger partial charge in [0.1, 0.15) is 0 Å². The first-order valence-corrected chi connectivity index (χ1v) is 6.77. The van der Waals surface area contributed by atoms with E-state index in [1.165, 1.54) is 0 Å². The zero-order valence-corrected chi connectivity index (χ0v) is 12.2. The molecule has 1 heterocycles. The third kappa shape index (κ3) is 3.00. The fourth-order valence-electron chi connectivity index (χ4n) is 1.66. The van der Waals surface area contributed by atoms with E-state index in [9.17, 15) is 4.79 Å². The van der Waals surface area contributed by atoms with Gasteiger partial charge in [-0.3, -0.25) is 9.48 Å². The molecule has 0 atom stereocenters. The number of rotatable bonds is 4. The summed E-state index contributed by atoms with van der Waals surface area (Å²) in [5.41, 5.74) is 1.44. The molecule has 5 heteroatoms. The van der Waals surface area contributed by atoms with Crippen molar-refractivity contribution in [2.24, 2.45) is 0 Å². The van der Waals surface area contributed by atoms with Gasteiger partial charge in [0.2, 0.25) is 0 Å². The standard InChI is InChI=1S/C13H12BrClN2O/c1-2-17-8-9(7-16-17)5-13(18)11-6-10(14)3-4-12(11)15/h3-4,6-8H,2,5H2,1H3. The van der Waals surface area contributed by atoms with Crippen LogP contribution in [0.4, 0.5) is 0 Å². The lowest BCUT2D eigenvalue weighted by Crippen LogP contribution is -2.04. The average molecular weight is 328 g/mol. The molecule has 1 aromatic carbocycles. The maximum absolute atomic E-state index is 12.1. The van der Waals surface area contributed by atoms with E-state index in [2.05, 4.69) is 21.0 Å². The predicted octanol–water partition coefficient (Wildman–Crippen LogP) is 3.74. The molecule has 0 N–H and O–H groups in total.